The van der Waals surface area contributed by atoms with E-state index >= 15 is 0 Å². The summed E-state index contributed by atoms with van der Waals surface area (Å²) in [5.74, 6) is 0.0300. The van der Waals surface area contributed by atoms with Gasteiger partial charge in [-0.3, -0.25) is 14.4 Å². The van der Waals surface area contributed by atoms with Crippen molar-refractivity contribution in [3.63, 3.8) is 0 Å². The van der Waals surface area contributed by atoms with Crippen molar-refractivity contribution >= 4 is 5.97 Å². The van der Waals surface area contributed by atoms with Crippen LogP contribution in [0.15, 0.2) is 42.6 Å². The minimum atomic E-state index is -4.83. The van der Waals surface area contributed by atoms with E-state index in [1.165, 1.54) is 6.07 Å². The van der Waals surface area contributed by atoms with E-state index in [4.69, 9.17) is 14.6 Å². The van der Waals surface area contributed by atoms with Gasteiger partial charge in [-0.1, -0.05) is 24.3 Å². The molecule has 1 aromatic heterocycles. The molecule has 2 unspecified atom stereocenters. The van der Waals surface area contributed by atoms with Crippen molar-refractivity contribution in [3.05, 3.63) is 59.3 Å². The van der Waals surface area contributed by atoms with Gasteiger partial charge in [-0.25, -0.2) is 0 Å². The quantitative estimate of drug-likeness (QED) is 0.165. The van der Waals surface area contributed by atoms with Gasteiger partial charge < -0.3 is 29.5 Å². The van der Waals surface area contributed by atoms with Gasteiger partial charge >= 0.3 is 12.3 Å². The molecule has 0 spiro atoms. The molecule has 51 heavy (non-hydrogen) atoms. The number of likely N-dealkylation sites (tertiary alicyclic amines) is 1. The predicted molar refractivity (Wildman–Crippen MR) is 180 cm³/mol. The van der Waals surface area contributed by atoms with Crippen LogP contribution in [-0.4, -0.2) is 92.7 Å². The number of hydrogen-bond donors (Lipinski definition) is 3. The van der Waals surface area contributed by atoms with E-state index in [0.29, 0.717) is 61.3 Å². The van der Waals surface area contributed by atoms with Crippen LogP contribution in [0, 0.1) is 17.8 Å². The molecular formula is C37H47F3N4O7. The first-order valence-electron chi connectivity index (χ1n) is 17.9. The maximum absolute atomic E-state index is 13.4. The van der Waals surface area contributed by atoms with E-state index in [1.54, 1.807) is 29.9 Å². The molecule has 278 valence electrons. The Kier molecular flexibility index (Phi) is 11.8. The lowest BCUT2D eigenvalue weighted by Gasteiger charge is -2.38. The number of aryl methyl sites for hydroxylation is 2. The third-order valence-corrected chi connectivity index (χ3v) is 10.4. The van der Waals surface area contributed by atoms with Crippen molar-refractivity contribution in [1.82, 2.24) is 19.9 Å². The number of ether oxygens (including phenoxy) is 3. The number of carboxylic acid groups (broad SMARTS) is 1. The lowest BCUT2D eigenvalue weighted by Crippen LogP contribution is -2.40. The van der Waals surface area contributed by atoms with Gasteiger partial charge in [0, 0.05) is 30.8 Å². The molecule has 14 heteroatoms. The number of hydrogen-bond acceptors (Lipinski definition) is 9. The number of piperidine rings is 1. The Morgan fingerprint density at radius 1 is 1.10 bits per heavy atom. The average molecular weight is 717 g/mol. The molecule has 3 aliphatic rings. The number of aliphatic hydroxyl groups excluding tert-OH is 2. The smallest absolute Gasteiger partial charge is 0.490 e. The Morgan fingerprint density at radius 3 is 2.59 bits per heavy atom. The molecule has 3 aromatic rings. The monoisotopic (exact) mass is 716 g/mol. The van der Waals surface area contributed by atoms with Gasteiger partial charge in [-0.05, 0) is 111 Å². The zero-order valence-electron chi connectivity index (χ0n) is 28.8. The van der Waals surface area contributed by atoms with Crippen molar-refractivity contribution in [2.24, 2.45) is 17.8 Å². The molecule has 3 N–H and O–H groups in total. The van der Waals surface area contributed by atoms with Crippen LogP contribution in [0.2, 0.25) is 0 Å². The summed E-state index contributed by atoms with van der Waals surface area (Å²) >= 11 is 0. The predicted octanol–water partition coefficient (Wildman–Crippen LogP) is 5.42. The lowest BCUT2D eigenvalue weighted by molar-refractivity contribution is -0.275. The third kappa shape index (κ3) is 9.79. The van der Waals surface area contributed by atoms with E-state index in [2.05, 4.69) is 38.1 Å². The Morgan fingerprint density at radius 2 is 1.88 bits per heavy atom. The highest BCUT2D eigenvalue weighted by atomic mass is 19.4. The van der Waals surface area contributed by atoms with Crippen LogP contribution in [0.4, 0.5) is 13.2 Å². The maximum atomic E-state index is 13.4. The first-order valence-corrected chi connectivity index (χ1v) is 17.9. The second-order valence-electron chi connectivity index (χ2n) is 14.2. The number of aliphatic carboxylic acids is 1. The largest absolute Gasteiger partial charge is 0.573 e. The Balaban J connectivity index is 1.07. The number of aliphatic hydroxyl groups is 2. The van der Waals surface area contributed by atoms with Crippen molar-refractivity contribution < 1.29 is 47.5 Å². The first kappa shape index (κ1) is 37.1. The molecule has 0 amide bonds. The molecule has 2 aliphatic heterocycles. The first-order chi connectivity index (χ1) is 24.5. The zero-order valence-corrected chi connectivity index (χ0v) is 28.8. The fourth-order valence-corrected chi connectivity index (χ4v) is 7.48. The summed E-state index contributed by atoms with van der Waals surface area (Å²) in [7, 11) is 0. The molecule has 2 fully saturated rings. The highest BCUT2D eigenvalue weighted by molar-refractivity contribution is 5.71. The normalized spacial score (nSPS) is 20.3. The summed E-state index contributed by atoms with van der Waals surface area (Å²) < 4.78 is 58.1. The Bertz CT molecular complexity index is 1620. The average Bonchev–Trinajstić information content (AvgIpc) is 3.83. The molecule has 0 radical (unpaired) electrons. The third-order valence-electron chi connectivity index (χ3n) is 10.4. The number of benzene rings is 2. The van der Waals surface area contributed by atoms with Gasteiger partial charge in [0.15, 0.2) is 0 Å². The minimum Gasteiger partial charge on any atom is -0.490 e. The topological polar surface area (TPSA) is 139 Å². The SMILES string of the molecule is C[C@H](C(=O)O)[C@H](c1ccc2c(c1)OC(C1CCN(Cc3cc(-c4cn(CCCOCC(O)CO)nn4)ccc3OC(F)(F)F)CC1)CC2)C1CC1. The molecular weight excluding hydrogens is 669 g/mol. The van der Waals surface area contributed by atoms with Crippen LogP contribution >= 0.6 is 0 Å². The highest BCUT2D eigenvalue weighted by Crippen LogP contribution is 2.48. The van der Waals surface area contributed by atoms with Crippen LogP contribution in [0.3, 0.4) is 0 Å². The van der Waals surface area contributed by atoms with Crippen LogP contribution in [-0.2, 0) is 29.0 Å². The summed E-state index contributed by atoms with van der Waals surface area (Å²) in [6, 6.07) is 10.8. The van der Waals surface area contributed by atoms with Gasteiger partial charge in [0.1, 0.15) is 29.4 Å². The zero-order chi connectivity index (χ0) is 36.1. The number of nitrogens with zero attached hydrogens (tertiary/aromatic N) is 4. The summed E-state index contributed by atoms with van der Waals surface area (Å²) in [6.45, 7) is 3.96. The van der Waals surface area contributed by atoms with E-state index in [0.717, 1.165) is 55.4 Å². The Hall–Kier alpha value is -3.72. The van der Waals surface area contributed by atoms with E-state index < -0.39 is 24.4 Å². The van der Waals surface area contributed by atoms with E-state index in [-0.39, 0.29) is 37.5 Å². The van der Waals surface area contributed by atoms with Crippen LogP contribution in [0.5, 0.6) is 11.5 Å². The van der Waals surface area contributed by atoms with Gasteiger partial charge in [0.25, 0.3) is 0 Å². The number of carbonyl (C=O) groups is 1. The van der Waals surface area contributed by atoms with Gasteiger partial charge in [0.2, 0.25) is 0 Å². The molecule has 4 atom stereocenters. The molecule has 6 rings (SSSR count). The van der Waals surface area contributed by atoms with E-state index in [9.17, 15) is 28.2 Å². The number of alkyl halides is 3. The van der Waals surface area contributed by atoms with Crippen molar-refractivity contribution in [2.75, 3.05) is 32.9 Å². The van der Waals surface area contributed by atoms with Crippen molar-refractivity contribution in [2.45, 2.75) is 89.4 Å². The van der Waals surface area contributed by atoms with Crippen molar-refractivity contribution in [3.8, 4) is 22.8 Å². The fraction of sp³-hybridized carbons (Fsp3) is 0.595. The maximum Gasteiger partial charge on any atom is 0.573 e. The van der Waals surface area contributed by atoms with Gasteiger partial charge in [0.05, 0.1) is 25.3 Å². The molecule has 11 nitrogen and oxygen atoms in total. The second-order valence-corrected chi connectivity index (χ2v) is 14.2. The molecule has 1 saturated carbocycles. The number of carboxylic acids is 1. The van der Waals surface area contributed by atoms with Crippen LogP contribution < -0.4 is 9.47 Å². The molecule has 3 heterocycles. The highest BCUT2D eigenvalue weighted by Gasteiger charge is 2.40. The summed E-state index contributed by atoms with van der Waals surface area (Å²) in [5.41, 5.74) is 3.72. The molecule has 1 saturated heterocycles. The number of rotatable bonds is 16. The standard InChI is InChI=1S/C37H47F3N4O7/c1-23(36(47)48)35(26-4-5-26)28-6-3-24-7-9-32(50-34(24)18-28)25-11-14-43(15-12-25)19-29-17-27(8-10-33(29)51-37(38,39)40)31-20-44(42-41-31)13-2-16-49-22-30(46)21-45/h3,6,8,10,17-18,20,23,25-26,30,32,35,45-46H,2,4-5,7,9,11-16,19,21-22H2,1H3,(H,47,48)/t23-,30?,32?,35-/m0/s1. The molecule has 2 aromatic carbocycles. The molecule has 0 bridgehead atoms. The van der Waals surface area contributed by atoms with Crippen LogP contribution in [0.1, 0.15) is 68.1 Å². The van der Waals surface area contributed by atoms with Gasteiger partial charge in [-0.2, -0.15) is 0 Å². The number of aromatic nitrogens is 3. The Labute approximate surface area is 295 Å². The molecule has 1 aliphatic carbocycles. The lowest BCUT2D eigenvalue weighted by atomic mass is 9.81. The van der Waals surface area contributed by atoms with Crippen molar-refractivity contribution in [1.29, 1.82) is 0 Å². The van der Waals surface area contributed by atoms with E-state index in [1.807, 2.05) is 0 Å². The summed E-state index contributed by atoms with van der Waals surface area (Å²) in [4.78, 5) is 14.0. The van der Waals surface area contributed by atoms with Gasteiger partial charge in [-0.15, -0.1) is 18.3 Å². The summed E-state index contributed by atoms with van der Waals surface area (Å²) in [5, 5.41) is 36.3. The number of halogens is 3. The second kappa shape index (κ2) is 16.3. The fourth-order valence-electron chi connectivity index (χ4n) is 7.48. The van der Waals surface area contributed by atoms with Crippen LogP contribution in [0.25, 0.3) is 11.3 Å². The number of fused-ring (bicyclic) bond motifs is 1. The summed E-state index contributed by atoms with van der Waals surface area (Å²) in [6.07, 6.45) is 2.15. The minimum absolute atomic E-state index is 0.0263.